The third-order valence-corrected chi connectivity index (χ3v) is 3.50. The molecule has 1 saturated heterocycles. The van der Waals surface area contributed by atoms with E-state index < -0.39 is 23.9 Å². The zero-order valence-corrected chi connectivity index (χ0v) is 11.0. The van der Waals surface area contributed by atoms with E-state index in [2.05, 4.69) is 10.3 Å². The van der Waals surface area contributed by atoms with Crippen molar-refractivity contribution in [2.75, 3.05) is 20.1 Å². The number of pyridine rings is 1. The van der Waals surface area contributed by atoms with Gasteiger partial charge in [0.2, 0.25) is 5.91 Å². The van der Waals surface area contributed by atoms with E-state index in [4.69, 9.17) is 0 Å². The highest BCUT2D eigenvalue weighted by Crippen LogP contribution is 2.35. The largest absolute Gasteiger partial charge is 0.393 e. The van der Waals surface area contributed by atoms with Gasteiger partial charge in [0.15, 0.2) is 0 Å². The third kappa shape index (κ3) is 3.27. The maximum Gasteiger partial charge on any atom is 0.393 e. The molecule has 1 aromatic heterocycles. The van der Waals surface area contributed by atoms with Crippen LogP contribution in [0.5, 0.6) is 0 Å². The van der Waals surface area contributed by atoms with Crippen LogP contribution >= 0.6 is 0 Å². The van der Waals surface area contributed by atoms with Crippen molar-refractivity contribution in [3.63, 3.8) is 0 Å². The molecule has 1 N–H and O–H groups in total. The van der Waals surface area contributed by atoms with Crippen LogP contribution in [-0.4, -0.2) is 42.1 Å². The quantitative estimate of drug-likeness (QED) is 0.915. The van der Waals surface area contributed by atoms with Gasteiger partial charge in [0.25, 0.3) is 0 Å². The van der Waals surface area contributed by atoms with Crippen molar-refractivity contribution >= 4 is 5.91 Å². The summed E-state index contributed by atoms with van der Waals surface area (Å²) < 4.78 is 38.5. The lowest BCUT2D eigenvalue weighted by Gasteiger charge is -2.25. The maximum absolute atomic E-state index is 12.8. The normalized spacial score (nSPS) is 22.8. The molecule has 1 aromatic rings. The number of hydrogen-bond acceptors (Lipinski definition) is 3. The maximum atomic E-state index is 12.8. The highest BCUT2D eigenvalue weighted by molar-refractivity contribution is 5.79. The van der Waals surface area contributed by atoms with Crippen LogP contribution in [0.15, 0.2) is 24.5 Å². The standard InChI is InChI=1S/C13H16F3N3O/c1-19(8-9-2-4-17-5-3-9)12(20)10-6-18-7-11(10)13(14,15)16/h2-5,10-11,18H,6-8H2,1H3/t10-,11-/m1/s1. The minimum Gasteiger partial charge on any atom is -0.341 e. The molecule has 0 radical (unpaired) electrons. The molecule has 110 valence electrons. The molecule has 2 atom stereocenters. The Balaban J connectivity index is 2.03. The second kappa shape index (κ2) is 5.78. The predicted octanol–water partition coefficient (Wildman–Crippen LogP) is 1.44. The molecule has 0 bridgehead atoms. The molecular weight excluding hydrogens is 271 g/mol. The number of hydrogen-bond donors (Lipinski definition) is 1. The van der Waals surface area contributed by atoms with Gasteiger partial charge in [-0.1, -0.05) is 0 Å². The first kappa shape index (κ1) is 14.8. The Hall–Kier alpha value is -1.63. The first-order valence-corrected chi connectivity index (χ1v) is 6.31. The van der Waals surface area contributed by atoms with Gasteiger partial charge in [-0.3, -0.25) is 9.78 Å². The highest BCUT2D eigenvalue weighted by Gasteiger charge is 2.50. The summed E-state index contributed by atoms with van der Waals surface area (Å²) in [4.78, 5) is 17.4. The molecule has 4 nitrogen and oxygen atoms in total. The number of nitrogens with one attached hydrogen (secondary N) is 1. The zero-order chi connectivity index (χ0) is 14.8. The molecule has 1 aliphatic heterocycles. The van der Waals surface area contributed by atoms with Gasteiger partial charge < -0.3 is 10.2 Å². The molecule has 2 rings (SSSR count). The van der Waals surface area contributed by atoms with Crippen molar-refractivity contribution < 1.29 is 18.0 Å². The van der Waals surface area contributed by atoms with E-state index in [1.54, 1.807) is 24.5 Å². The van der Waals surface area contributed by atoms with Crippen LogP contribution in [0.2, 0.25) is 0 Å². The van der Waals surface area contributed by atoms with E-state index >= 15 is 0 Å². The van der Waals surface area contributed by atoms with E-state index in [0.717, 1.165) is 5.56 Å². The molecule has 1 amide bonds. The molecule has 0 unspecified atom stereocenters. The average molecular weight is 287 g/mol. The van der Waals surface area contributed by atoms with Gasteiger partial charge in [-0.05, 0) is 17.7 Å². The molecule has 0 aliphatic carbocycles. The van der Waals surface area contributed by atoms with Gasteiger partial charge in [-0.15, -0.1) is 0 Å². The monoisotopic (exact) mass is 287 g/mol. The Morgan fingerprint density at radius 3 is 2.65 bits per heavy atom. The third-order valence-electron chi connectivity index (χ3n) is 3.50. The Morgan fingerprint density at radius 1 is 1.40 bits per heavy atom. The fraction of sp³-hybridized carbons (Fsp3) is 0.538. The summed E-state index contributed by atoms with van der Waals surface area (Å²) in [5, 5.41) is 2.65. The number of alkyl halides is 3. The lowest BCUT2D eigenvalue weighted by Crippen LogP contribution is -2.40. The van der Waals surface area contributed by atoms with Crippen LogP contribution in [0.4, 0.5) is 13.2 Å². The Morgan fingerprint density at radius 2 is 2.05 bits per heavy atom. The Labute approximate surface area is 115 Å². The van der Waals surface area contributed by atoms with E-state index in [0.29, 0.717) is 0 Å². The molecule has 0 saturated carbocycles. The lowest BCUT2D eigenvalue weighted by molar-refractivity contribution is -0.184. The van der Waals surface area contributed by atoms with Crippen molar-refractivity contribution in [3.8, 4) is 0 Å². The number of amides is 1. The summed E-state index contributed by atoms with van der Waals surface area (Å²) in [5.41, 5.74) is 0.838. The van der Waals surface area contributed by atoms with Crippen LogP contribution in [0.25, 0.3) is 0 Å². The van der Waals surface area contributed by atoms with Gasteiger partial charge in [0.1, 0.15) is 0 Å². The van der Waals surface area contributed by atoms with Crippen LogP contribution in [0, 0.1) is 11.8 Å². The van der Waals surface area contributed by atoms with Gasteiger partial charge in [-0.25, -0.2) is 0 Å². The van der Waals surface area contributed by atoms with Crippen molar-refractivity contribution in [2.45, 2.75) is 12.7 Å². The van der Waals surface area contributed by atoms with Crippen molar-refractivity contribution in [1.82, 2.24) is 15.2 Å². The van der Waals surface area contributed by atoms with Crippen LogP contribution < -0.4 is 5.32 Å². The first-order valence-electron chi connectivity index (χ1n) is 6.31. The summed E-state index contributed by atoms with van der Waals surface area (Å²) in [6.45, 7) is 0.162. The van der Waals surface area contributed by atoms with Crippen LogP contribution in [0.3, 0.4) is 0 Å². The second-order valence-corrected chi connectivity index (χ2v) is 4.96. The summed E-state index contributed by atoms with van der Waals surface area (Å²) in [5.74, 6) is -3.12. The summed E-state index contributed by atoms with van der Waals surface area (Å²) >= 11 is 0. The number of carbonyl (C=O) groups is 1. The number of aromatic nitrogens is 1. The van der Waals surface area contributed by atoms with E-state index in [1.165, 1.54) is 11.9 Å². The number of rotatable bonds is 3. The smallest absolute Gasteiger partial charge is 0.341 e. The topological polar surface area (TPSA) is 45.2 Å². The number of nitrogens with zero attached hydrogens (tertiary/aromatic N) is 2. The minimum absolute atomic E-state index is 0.0731. The first-order chi connectivity index (χ1) is 9.39. The van der Waals surface area contributed by atoms with E-state index in [-0.39, 0.29) is 19.6 Å². The Bertz CT molecular complexity index is 464. The molecule has 1 aliphatic rings. The zero-order valence-electron chi connectivity index (χ0n) is 11.0. The summed E-state index contributed by atoms with van der Waals surface area (Å²) in [6, 6.07) is 3.47. The van der Waals surface area contributed by atoms with Gasteiger partial charge in [0.05, 0.1) is 11.8 Å². The molecule has 1 fully saturated rings. The summed E-state index contributed by atoms with van der Waals surface area (Å²) in [6.07, 6.45) is -1.17. The second-order valence-electron chi connectivity index (χ2n) is 4.96. The molecule has 2 heterocycles. The minimum atomic E-state index is -4.35. The molecular formula is C13H16F3N3O. The molecule has 20 heavy (non-hydrogen) atoms. The Kier molecular flexibility index (Phi) is 4.27. The average Bonchev–Trinajstić information content (AvgIpc) is 2.88. The number of carbonyl (C=O) groups excluding carboxylic acids is 1. The van der Waals surface area contributed by atoms with E-state index in [1.807, 2.05) is 0 Å². The van der Waals surface area contributed by atoms with Gasteiger partial charge in [-0.2, -0.15) is 13.2 Å². The van der Waals surface area contributed by atoms with Crippen molar-refractivity contribution in [2.24, 2.45) is 11.8 Å². The predicted molar refractivity (Wildman–Crippen MR) is 66.6 cm³/mol. The SMILES string of the molecule is CN(Cc1ccncc1)C(=O)[C@@H]1CNC[C@H]1C(F)(F)F. The van der Waals surface area contributed by atoms with Crippen LogP contribution in [0.1, 0.15) is 5.56 Å². The highest BCUT2D eigenvalue weighted by atomic mass is 19.4. The van der Waals surface area contributed by atoms with Gasteiger partial charge >= 0.3 is 6.18 Å². The van der Waals surface area contributed by atoms with E-state index in [9.17, 15) is 18.0 Å². The van der Waals surface area contributed by atoms with Crippen molar-refractivity contribution in [1.29, 1.82) is 0 Å². The summed E-state index contributed by atoms with van der Waals surface area (Å²) in [7, 11) is 1.52. The van der Waals surface area contributed by atoms with Gasteiger partial charge in [0, 0.05) is 39.1 Å². The van der Waals surface area contributed by atoms with Crippen LogP contribution in [-0.2, 0) is 11.3 Å². The molecule has 0 spiro atoms. The molecule has 0 aromatic carbocycles. The lowest BCUT2D eigenvalue weighted by atomic mass is 9.94. The number of halogens is 3. The molecule has 7 heteroatoms. The fourth-order valence-corrected chi connectivity index (χ4v) is 2.41. The fourth-order valence-electron chi connectivity index (χ4n) is 2.41. The van der Waals surface area contributed by atoms with Crippen molar-refractivity contribution in [3.05, 3.63) is 30.1 Å².